The van der Waals surface area contributed by atoms with Gasteiger partial charge in [-0.15, -0.1) is 0 Å². The van der Waals surface area contributed by atoms with Crippen LogP contribution in [0.2, 0.25) is 0 Å². The van der Waals surface area contributed by atoms with Gasteiger partial charge in [-0.2, -0.15) is 0 Å². The van der Waals surface area contributed by atoms with E-state index in [4.69, 9.17) is 10.8 Å². The van der Waals surface area contributed by atoms with E-state index in [1.165, 1.54) is 11.1 Å². The summed E-state index contributed by atoms with van der Waals surface area (Å²) in [5.74, 6) is -0.276. The first-order valence-electron chi connectivity index (χ1n) is 8.51. The first kappa shape index (κ1) is 18.7. The van der Waals surface area contributed by atoms with E-state index in [0.717, 1.165) is 43.7 Å². The van der Waals surface area contributed by atoms with Gasteiger partial charge in [0.05, 0.1) is 12.1 Å². The van der Waals surface area contributed by atoms with Gasteiger partial charge in [0.1, 0.15) is 5.82 Å². The zero-order chi connectivity index (χ0) is 18.1. The van der Waals surface area contributed by atoms with Crippen molar-refractivity contribution in [3.8, 4) is 0 Å². The van der Waals surface area contributed by atoms with Crippen molar-refractivity contribution >= 4 is 17.5 Å². The fraction of sp³-hybridized carbons (Fsp3) is 0.368. The third-order valence-electron chi connectivity index (χ3n) is 4.02. The number of rotatable bonds is 10. The van der Waals surface area contributed by atoms with Gasteiger partial charge >= 0.3 is 5.97 Å². The molecule has 6 nitrogen and oxygen atoms in total. The highest BCUT2D eigenvalue weighted by molar-refractivity contribution is 5.70. The molecule has 0 bridgehead atoms. The maximum atomic E-state index is 10.8. The van der Waals surface area contributed by atoms with Crippen LogP contribution in [0.15, 0.2) is 36.5 Å². The second-order valence-corrected chi connectivity index (χ2v) is 6.05. The molecule has 2 rings (SSSR count). The summed E-state index contributed by atoms with van der Waals surface area (Å²) in [6.07, 6.45) is 3.62. The lowest BCUT2D eigenvalue weighted by Crippen LogP contribution is -2.21. The SMILES string of the molecule is Cc1ccc(CC(=O)O)cc1CCNCCCNc1cccnc1N. The molecular weight excluding hydrogens is 316 g/mol. The minimum Gasteiger partial charge on any atom is -0.481 e. The molecule has 0 saturated carbocycles. The fourth-order valence-electron chi connectivity index (χ4n) is 2.63. The lowest BCUT2D eigenvalue weighted by molar-refractivity contribution is -0.136. The van der Waals surface area contributed by atoms with E-state index in [0.29, 0.717) is 5.82 Å². The van der Waals surface area contributed by atoms with E-state index in [9.17, 15) is 4.79 Å². The number of nitrogens with one attached hydrogen (secondary N) is 2. The Morgan fingerprint density at radius 3 is 2.84 bits per heavy atom. The van der Waals surface area contributed by atoms with Crippen LogP contribution in [0, 0.1) is 6.92 Å². The van der Waals surface area contributed by atoms with Crippen LogP contribution >= 0.6 is 0 Å². The molecule has 5 N–H and O–H groups in total. The summed E-state index contributed by atoms with van der Waals surface area (Å²) in [5, 5.41) is 15.6. The molecule has 0 radical (unpaired) electrons. The minimum absolute atomic E-state index is 0.0733. The largest absolute Gasteiger partial charge is 0.481 e. The van der Waals surface area contributed by atoms with Crippen molar-refractivity contribution in [2.24, 2.45) is 0 Å². The van der Waals surface area contributed by atoms with E-state index in [1.807, 2.05) is 30.3 Å². The summed E-state index contributed by atoms with van der Waals surface area (Å²) >= 11 is 0. The molecule has 6 heteroatoms. The lowest BCUT2D eigenvalue weighted by atomic mass is 10.0. The number of hydrogen-bond donors (Lipinski definition) is 4. The zero-order valence-electron chi connectivity index (χ0n) is 14.6. The van der Waals surface area contributed by atoms with E-state index >= 15 is 0 Å². The normalized spacial score (nSPS) is 10.6. The minimum atomic E-state index is -0.797. The highest BCUT2D eigenvalue weighted by Gasteiger charge is 2.04. The number of aromatic nitrogens is 1. The summed E-state index contributed by atoms with van der Waals surface area (Å²) in [6, 6.07) is 9.66. The molecule has 0 fully saturated rings. The van der Waals surface area contributed by atoms with Crippen LogP contribution in [0.1, 0.15) is 23.1 Å². The van der Waals surface area contributed by atoms with Gasteiger partial charge in [0.2, 0.25) is 0 Å². The molecule has 0 spiro atoms. The maximum Gasteiger partial charge on any atom is 0.307 e. The summed E-state index contributed by atoms with van der Waals surface area (Å²) < 4.78 is 0. The third kappa shape index (κ3) is 6.43. The van der Waals surface area contributed by atoms with Gasteiger partial charge in [-0.05, 0) is 61.7 Å². The van der Waals surface area contributed by atoms with E-state index in [2.05, 4.69) is 22.5 Å². The van der Waals surface area contributed by atoms with Crippen molar-refractivity contribution in [2.75, 3.05) is 30.7 Å². The van der Waals surface area contributed by atoms with Crippen molar-refractivity contribution in [1.82, 2.24) is 10.3 Å². The fourth-order valence-corrected chi connectivity index (χ4v) is 2.63. The highest BCUT2D eigenvalue weighted by Crippen LogP contribution is 2.13. The average Bonchev–Trinajstić information content (AvgIpc) is 2.57. The molecular formula is C19H26N4O2. The lowest BCUT2D eigenvalue weighted by Gasteiger charge is -2.10. The van der Waals surface area contributed by atoms with Gasteiger partial charge in [0.25, 0.3) is 0 Å². The Balaban J connectivity index is 1.66. The van der Waals surface area contributed by atoms with Crippen LogP contribution in [0.5, 0.6) is 0 Å². The number of nitrogens with two attached hydrogens (primary N) is 1. The smallest absolute Gasteiger partial charge is 0.307 e. The molecule has 2 aromatic rings. The van der Waals surface area contributed by atoms with Gasteiger partial charge in [-0.3, -0.25) is 4.79 Å². The number of carboxylic acids is 1. The van der Waals surface area contributed by atoms with Crippen molar-refractivity contribution in [2.45, 2.75) is 26.2 Å². The number of carboxylic acid groups (broad SMARTS) is 1. The van der Waals surface area contributed by atoms with E-state index in [1.54, 1.807) is 6.20 Å². The van der Waals surface area contributed by atoms with Gasteiger partial charge < -0.3 is 21.5 Å². The number of nitrogens with zero attached hydrogens (tertiary/aromatic N) is 1. The topological polar surface area (TPSA) is 100 Å². The Morgan fingerprint density at radius 1 is 1.24 bits per heavy atom. The molecule has 0 aliphatic heterocycles. The summed E-state index contributed by atoms with van der Waals surface area (Å²) in [6.45, 7) is 4.66. The van der Waals surface area contributed by atoms with Gasteiger partial charge in [-0.1, -0.05) is 18.2 Å². The number of hydrogen-bond acceptors (Lipinski definition) is 5. The summed E-state index contributed by atoms with van der Waals surface area (Å²) in [7, 11) is 0. The molecule has 0 amide bonds. The van der Waals surface area contributed by atoms with Crippen molar-refractivity contribution in [1.29, 1.82) is 0 Å². The molecule has 1 aromatic heterocycles. The second-order valence-electron chi connectivity index (χ2n) is 6.05. The van der Waals surface area contributed by atoms with Crippen molar-refractivity contribution in [3.63, 3.8) is 0 Å². The first-order valence-corrected chi connectivity index (χ1v) is 8.51. The van der Waals surface area contributed by atoms with Crippen LogP contribution in [-0.2, 0) is 17.6 Å². The Hall–Kier alpha value is -2.60. The molecule has 134 valence electrons. The van der Waals surface area contributed by atoms with Gasteiger partial charge in [0.15, 0.2) is 0 Å². The molecule has 0 unspecified atom stereocenters. The van der Waals surface area contributed by atoms with Crippen LogP contribution < -0.4 is 16.4 Å². The Morgan fingerprint density at radius 2 is 2.08 bits per heavy atom. The maximum absolute atomic E-state index is 10.8. The Labute approximate surface area is 148 Å². The standard InChI is InChI=1S/C19H26N4O2/c1-14-5-6-15(13-18(24)25)12-16(14)7-11-21-8-3-10-22-17-4-2-9-23-19(17)20/h2,4-6,9,12,21-22H,3,7-8,10-11,13H2,1H3,(H2,20,23)(H,24,25). The average molecular weight is 342 g/mol. The zero-order valence-corrected chi connectivity index (χ0v) is 14.6. The monoisotopic (exact) mass is 342 g/mol. The van der Waals surface area contributed by atoms with Crippen LogP contribution in [0.4, 0.5) is 11.5 Å². The van der Waals surface area contributed by atoms with E-state index < -0.39 is 5.97 Å². The van der Waals surface area contributed by atoms with Crippen molar-refractivity contribution in [3.05, 3.63) is 53.2 Å². The number of benzene rings is 1. The molecule has 25 heavy (non-hydrogen) atoms. The van der Waals surface area contributed by atoms with E-state index in [-0.39, 0.29) is 6.42 Å². The first-order chi connectivity index (χ1) is 12.1. The number of aryl methyl sites for hydroxylation is 1. The molecule has 1 heterocycles. The predicted octanol–water partition coefficient (Wildman–Crippen LogP) is 2.23. The molecule has 1 aromatic carbocycles. The summed E-state index contributed by atoms with van der Waals surface area (Å²) in [4.78, 5) is 14.9. The van der Waals surface area contributed by atoms with Crippen LogP contribution in [0.3, 0.4) is 0 Å². The molecule has 0 aliphatic rings. The number of anilines is 2. The predicted molar refractivity (Wildman–Crippen MR) is 101 cm³/mol. The molecule has 0 atom stereocenters. The second kappa shape index (κ2) is 9.64. The summed E-state index contributed by atoms with van der Waals surface area (Å²) in [5.41, 5.74) is 9.90. The Bertz CT molecular complexity index is 704. The van der Waals surface area contributed by atoms with Crippen molar-refractivity contribution < 1.29 is 9.90 Å². The number of nitrogen functional groups attached to an aromatic ring is 1. The number of aliphatic carboxylic acids is 1. The number of pyridine rings is 1. The highest BCUT2D eigenvalue weighted by atomic mass is 16.4. The molecule has 0 aliphatic carbocycles. The van der Waals surface area contributed by atoms with Crippen LogP contribution in [-0.4, -0.2) is 35.7 Å². The molecule has 0 saturated heterocycles. The van der Waals surface area contributed by atoms with Gasteiger partial charge in [0, 0.05) is 12.7 Å². The number of carbonyl (C=O) groups is 1. The van der Waals surface area contributed by atoms with Gasteiger partial charge in [-0.25, -0.2) is 4.98 Å². The Kier molecular flexibility index (Phi) is 7.22. The van der Waals surface area contributed by atoms with Crippen LogP contribution in [0.25, 0.3) is 0 Å². The third-order valence-corrected chi connectivity index (χ3v) is 4.02. The quantitative estimate of drug-likeness (QED) is 0.494.